The van der Waals surface area contributed by atoms with Crippen LogP contribution in [0.1, 0.15) is 17.2 Å². The van der Waals surface area contributed by atoms with Crippen LogP contribution in [0.2, 0.25) is 5.02 Å². The molecule has 0 spiro atoms. The Balaban J connectivity index is 1.65. The van der Waals surface area contributed by atoms with Gasteiger partial charge in [-0.1, -0.05) is 35.9 Å². The summed E-state index contributed by atoms with van der Waals surface area (Å²) in [5, 5.41) is 11.6. The van der Waals surface area contributed by atoms with Crippen LogP contribution in [0.3, 0.4) is 0 Å². The Kier molecular flexibility index (Phi) is 6.50. The van der Waals surface area contributed by atoms with Crippen LogP contribution in [-0.4, -0.2) is 42.8 Å². The minimum atomic E-state index is 0.266. The summed E-state index contributed by atoms with van der Waals surface area (Å²) in [6.07, 6.45) is 1.87. The molecule has 3 aromatic rings. The van der Waals surface area contributed by atoms with E-state index in [1.54, 1.807) is 7.11 Å². The number of benzene rings is 2. The quantitative estimate of drug-likeness (QED) is 0.613. The molecule has 0 amide bonds. The molecule has 0 aliphatic heterocycles. The van der Waals surface area contributed by atoms with E-state index in [9.17, 15) is 0 Å². The van der Waals surface area contributed by atoms with E-state index in [0.29, 0.717) is 0 Å². The molecule has 0 radical (unpaired) electrons. The average molecular weight is 385 g/mol. The van der Waals surface area contributed by atoms with Gasteiger partial charge in [-0.05, 0) is 49.5 Å². The second-order valence-electron chi connectivity index (χ2n) is 6.66. The molecular formula is C21H25ClN4O. The van der Waals surface area contributed by atoms with Crippen LogP contribution in [0.5, 0.6) is 5.75 Å². The summed E-state index contributed by atoms with van der Waals surface area (Å²) in [4.78, 5) is 2.21. The first-order chi connectivity index (χ1) is 13.1. The lowest BCUT2D eigenvalue weighted by Crippen LogP contribution is -2.30. The topological polar surface area (TPSA) is 53.2 Å². The van der Waals surface area contributed by atoms with Crippen LogP contribution in [-0.2, 0) is 6.54 Å². The molecule has 3 rings (SSSR count). The number of rotatable bonds is 8. The van der Waals surface area contributed by atoms with Crippen molar-refractivity contribution in [2.75, 3.05) is 27.7 Å². The number of hydrogen-bond acceptors (Lipinski definition) is 4. The number of nitrogens with zero attached hydrogens (tertiary/aromatic N) is 2. The standard InChI is InChI=1S/C21H25ClN4O/c1-26(2)20(15-6-10-19(27-3)11-7-15)14-23-12-17-13-24-25-21(17)16-4-8-18(22)9-5-16/h4-11,13,20,23H,12,14H2,1-3H3,(H,24,25). The minimum absolute atomic E-state index is 0.266. The van der Waals surface area contributed by atoms with E-state index in [4.69, 9.17) is 16.3 Å². The smallest absolute Gasteiger partial charge is 0.118 e. The molecule has 0 bridgehead atoms. The maximum Gasteiger partial charge on any atom is 0.118 e. The molecule has 0 fully saturated rings. The van der Waals surface area contributed by atoms with Crippen molar-refractivity contribution in [2.45, 2.75) is 12.6 Å². The second-order valence-corrected chi connectivity index (χ2v) is 7.10. The van der Waals surface area contributed by atoms with Gasteiger partial charge in [0.25, 0.3) is 0 Å². The lowest BCUT2D eigenvalue weighted by atomic mass is 10.1. The van der Waals surface area contributed by atoms with Gasteiger partial charge in [0.15, 0.2) is 0 Å². The molecule has 0 saturated heterocycles. The minimum Gasteiger partial charge on any atom is -0.497 e. The van der Waals surface area contributed by atoms with Gasteiger partial charge in [-0.15, -0.1) is 0 Å². The number of aromatic nitrogens is 2. The highest BCUT2D eigenvalue weighted by Gasteiger charge is 2.15. The van der Waals surface area contributed by atoms with Gasteiger partial charge in [0.1, 0.15) is 5.75 Å². The number of nitrogens with one attached hydrogen (secondary N) is 2. The number of methoxy groups -OCH3 is 1. The summed E-state index contributed by atoms with van der Waals surface area (Å²) in [5.74, 6) is 0.871. The summed E-state index contributed by atoms with van der Waals surface area (Å²) in [6, 6.07) is 16.3. The zero-order valence-electron chi connectivity index (χ0n) is 15.9. The summed E-state index contributed by atoms with van der Waals surface area (Å²) < 4.78 is 5.25. The average Bonchev–Trinajstić information content (AvgIpc) is 3.14. The fraction of sp³-hybridized carbons (Fsp3) is 0.286. The van der Waals surface area contributed by atoms with Crippen LogP contribution in [0.4, 0.5) is 0 Å². The van der Waals surface area contributed by atoms with Crippen molar-refractivity contribution in [2.24, 2.45) is 0 Å². The van der Waals surface area contributed by atoms with Crippen molar-refractivity contribution in [3.63, 3.8) is 0 Å². The molecule has 2 N–H and O–H groups in total. The number of likely N-dealkylation sites (N-methyl/N-ethyl adjacent to an activating group) is 1. The first kappa shape index (κ1) is 19.4. The van der Waals surface area contributed by atoms with Crippen molar-refractivity contribution in [1.29, 1.82) is 0 Å². The van der Waals surface area contributed by atoms with E-state index in [-0.39, 0.29) is 6.04 Å². The normalized spacial score (nSPS) is 12.3. The van der Waals surface area contributed by atoms with Crippen molar-refractivity contribution in [1.82, 2.24) is 20.4 Å². The molecular weight excluding hydrogens is 360 g/mol. The molecule has 0 aliphatic carbocycles. The molecule has 1 heterocycles. The van der Waals surface area contributed by atoms with Crippen molar-refractivity contribution in [3.05, 3.63) is 70.9 Å². The van der Waals surface area contributed by atoms with Crippen LogP contribution in [0.15, 0.2) is 54.7 Å². The van der Waals surface area contributed by atoms with Crippen LogP contribution < -0.4 is 10.1 Å². The highest BCUT2D eigenvalue weighted by molar-refractivity contribution is 6.30. The molecule has 5 nitrogen and oxygen atoms in total. The number of hydrogen-bond donors (Lipinski definition) is 2. The first-order valence-corrected chi connectivity index (χ1v) is 9.25. The Morgan fingerprint density at radius 2 is 1.81 bits per heavy atom. The predicted octanol–water partition coefficient (Wildman–Crippen LogP) is 4.13. The van der Waals surface area contributed by atoms with Gasteiger partial charge in [0.05, 0.1) is 19.0 Å². The van der Waals surface area contributed by atoms with Crippen molar-refractivity contribution < 1.29 is 4.74 Å². The molecule has 1 atom stereocenters. The summed E-state index contributed by atoms with van der Waals surface area (Å²) in [6.45, 7) is 1.56. The van der Waals surface area contributed by atoms with Crippen molar-refractivity contribution >= 4 is 11.6 Å². The predicted molar refractivity (Wildman–Crippen MR) is 110 cm³/mol. The Bertz CT molecular complexity index is 843. The fourth-order valence-corrected chi connectivity index (χ4v) is 3.21. The Hall–Kier alpha value is -2.34. The van der Waals surface area contributed by atoms with Gasteiger partial charge in [-0.25, -0.2) is 0 Å². The fourth-order valence-electron chi connectivity index (χ4n) is 3.08. The third kappa shape index (κ3) is 4.89. The van der Waals surface area contributed by atoms with Gasteiger partial charge in [0.2, 0.25) is 0 Å². The van der Waals surface area contributed by atoms with E-state index in [1.165, 1.54) is 5.56 Å². The maximum atomic E-state index is 5.99. The summed E-state index contributed by atoms with van der Waals surface area (Å²) >= 11 is 5.99. The molecule has 1 unspecified atom stereocenters. The van der Waals surface area contributed by atoms with Crippen LogP contribution in [0, 0.1) is 0 Å². The molecule has 142 valence electrons. The number of aromatic amines is 1. The molecule has 27 heavy (non-hydrogen) atoms. The second kappa shape index (κ2) is 9.04. The Labute approximate surface area is 165 Å². The van der Waals surface area contributed by atoms with Gasteiger partial charge >= 0.3 is 0 Å². The van der Waals surface area contributed by atoms with Crippen LogP contribution in [0.25, 0.3) is 11.3 Å². The highest BCUT2D eigenvalue weighted by Crippen LogP contribution is 2.24. The Morgan fingerprint density at radius 1 is 1.11 bits per heavy atom. The molecule has 0 aliphatic rings. The van der Waals surface area contributed by atoms with Gasteiger partial charge < -0.3 is 15.0 Å². The first-order valence-electron chi connectivity index (χ1n) is 8.87. The zero-order chi connectivity index (χ0) is 19.2. The van der Waals surface area contributed by atoms with E-state index >= 15 is 0 Å². The maximum absolute atomic E-state index is 5.99. The number of halogens is 1. The molecule has 6 heteroatoms. The molecule has 1 aromatic heterocycles. The number of ether oxygens (including phenoxy) is 1. The third-order valence-electron chi connectivity index (χ3n) is 4.63. The number of H-pyrrole nitrogens is 1. The van der Waals surface area contributed by atoms with E-state index in [0.717, 1.165) is 40.7 Å². The third-order valence-corrected chi connectivity index (χ3v) is 4.88. The SMILES string of the molecule is COc1ccc(C(CNCc2cn[nH]c2-c2ccc(Cl)cc2)N(C)C)cc1. The summed E-state index contributed by atoms with van der Waals surface area (Å²) in [7, 11) is 5.87. The zero-order valence-corrected chi connectivity index (χ0v) is 16.6. The highest BCUT2D eigenvalue weighted by atomic mass is 35.5. The monoisotopic (exact) mass is 384 g/mol. The van der Waals surface area contributed by atoms with E-state index < -0.39 is 0 Å². The van der Waals surface area contributed by atoms with Crippen molar-refractivity contribution in [3.8, 4) is 17.0 Å². The largest absolute Gasteiger partial charge is 0.497 e. The Morgan fingerprint density at radius 3 is 2.44 bits per heavy atom. The van der Waals surface area contributed by atoms with E-state index in [1.807, 2.05) is 42.6 Å². The van der Waals surface area contributed by atoms with Gasteiger partial charge in [-0.2, -0.15) is 5.10 Å². The van der Waals surface area contributed by atoms with Gasteiger partial charge in [0, 0.05) is 29.7 Å². The lowest BCUT2D eigenvalue weighted by Gasteiger charge is -2.25. The summed E-state index contributed by atoms with van der Waals surface area (Å²) in [5.41, 5.74) is 4.47. The van der Waals surface area contributed by atoms with E-state index in [2.05, 4.69) is 46.6 Å². The lowest BCUT2D eigenvalue weighted by molar-refractivity contribution is 0.288. The van der Waals surface area contributed by atoms with Gasteiger partial charge in [-0.3, -0.25) is 5.10 Å². The molecule has 0 saturated carbocycles. The van der Waals surface area contributed by atoms with Crippen LogP contribution >= 0.6 is 11.6 Å². The molecule has 2 aromatic carbocycles.